The van der Waals surface area contributed by atoms with E-state index in [1.165, 1.54) is 19.3 Å². The van der Waals surface area contributed by atoms with Crippen LogP contribution in [-0.2, 0) is 14.3 Å². The first-order valence-electron chi connectivity index (χ1n) is 9.00. The predicted octanol–water partition coefficient (Wildman–Crippen LogP) is 6.14. The SMILES string of the molecule is CCCCC/C=C/CCCOC(=O)CCC(=O)Oc1cccc(Cl)c1Cl. The molecule has 0 amide bonds. The van der Waals surface area contributed by atoms with Crippen molar-refractivity contribution in [1.82, 2.24) is 0 Å². The summed E-state index contributed by atoms with van der Waals surface area (Å²) in [6.07, 6.45) is 10.7. The molecule has 0 aliphatic carbocycles. The van der Waals surface area contributed by atoms with Crippen molar-refractivity contribution < 1.29 is 19.1 Å². The number of hydrogen-bond donors (Lipinski definition) is 0. The minimum atomic E-state index is -0.555. The number of unbranched alkanes of at least 4 members (excludes halogenated alkanes) is 4. The summed E-state index contributed by atoms with van der Waals surface area (Å²) < 4.78 is 10.2. The van der Waals surface area contributed by atoms with Crippen molar-refractivity contribution in [3.05, 3.63) is 40.4 Å². The maximum atomic E-state index is 11.8. The molecule has 0 atom stereocenters. The highest BCUT2D eigenvalue weighted by Gasteiger charge is 2.13. The highest BCUT2D eigenvalue weighted by Crippen LogP contribution is 2.31. The van der Waals surface area contributed by atoms with Gasteiger partial charge < -0.3 is 9.47 Å². The summed E-state index contributed by atoms with van der Waals surface area (Å²) in [5.74, 6) is -0.782. The zero-order valence-electron chi connectivity index (χ0n) is 15.1. The lowest BCUT2D eigenvalue weighted by Crippen LogP contribution is -2.13. The molecule has 0 bridgehead atoms. The summed E-state index contributed by atoms with van der Waals surface area (Å²) in [6.45, 7) is 2.54. The van der Waals surface area contributed by atoms with Crippen LogP contribution in [0.15, 0.2) is 30.4 Å². The molecule has 0 aromatic heterocycles. The van der Waals surface area contributed by atoms with Gasteiger partial charge in [0.05, 0.1) is 24.5 Å². The number of halogens is 2. The van der Waals surface area contributed by atoms with E-state index in [4.69, 9.17) is 32.7 Å². The molecule has 0 heterocycles. The second-order valence-electron chi connectivity index (χ2n) is 5.86. The van der Waals surface area contributed by atoms with E-state index in [-0.39, 0.29) is 23.6 Å². The van der Waals surface area contributed by atoms with Crippen LogP contribution in [0.3, 0.4) is 0 Å². The van der Waals surface area contributed by atoms with Crippen molar-refractivity contribution in [1.29, 1.82) is 0 Å². The van der Waals surface area contributed by atoms with Crippen molar-refractivity contribution in [2.45, 2.75) is 58.3 Å². The summed E-state index contributed by atoms with van der Waals surface area (Å²) in [5, 5.41) is 0.476. The highest BCUT2D eigenvalue weighted by atomic mass is 35.5. The van der Waals surface area contributed by atoms with Gasteiger partial charge in [0.2, 0.25) is 0 Å². The zero-order chi connectivity index (χ0) is 19.2. The molecule has 144 valence electrons. The molecule has 0 aliphatic heterocycles. The Morgan fingerprint density at radius 1 is 1.00 bits per heavy atom. The highest BCUT2D eigenvalue weighted by molar-refractivity contribution is 6.43. The van der Waals surface area contributed by atoms with E-state index in [0.29, 0.717) is 11.6 Å². The lowest BCUT2D eigenvalue weighted by molar-refractivity contribution is -0.147. The number of carbonyl (C=O) groups excluding carboxylic acids is 2. The van der Waals surface area contributed by atoms with Gasteiger partial charge in [-0.3, -0.25) is 9.59 Å². The fourth-order valence-electron chi connectivity index (χ4n) is 2.15. The van der Waals surface area contributed by atoms with E-state index in [1.54, 1.807) is 18.2 Å². The van der Waals surface area contributed by atoms with Crippen LogP contribution in [0, 0.1) is 0 Å². The molecule has 1 aromatic carbocycles. The molecule has 0 radical (unpaired) electrons. The second kappa shape index (κ2) is 13.7. The summed E-state index contributed by atoms with van der Waals surface area (Å²) in [5.41, 5.74) is 0. The minimum Gasteiger partial charge on any atom is -0.466 e. The fourth-order valence-corrected chi connectivity index (χ4v) is 2.48. The van der Waals surface area contributed by atoms with Gasteiger partial charge in [0.25, 0.3) is 0 Å². The summed E-state index contributed by atoms with van der Waals surface area (Å²) in [7, 11) is 0. The standard InChI is InChI=1S/C20H26Cl2O4/c1-2-3-4-5-6-7-8-9-15-25-18(23)13-14-19(24)26-17-12-10-11-16(21)20(17)22/h6-7,10-12H,2-5,8-9,13-15H2,1H3/b7-6+. The molecular formula is C20H26Cl2O4. The van der Waals surface area contributed by atoms with Gasteiger partial charge in [-0.05, 0) is 37.8 Å². The second-order valence-corrected chi connectivity index (χ2v) is 6.64. The van der Waals surface area contributed by atoms with Crippen LogP contribution in [0.25, 0.3) is 0 Å². The Morgan fingerprint density at radius 2 is 1.69 bits per heavy atom. The third-order valence-electron chi connectivity index (χ3n) is 3.59. The van der Waals surface area contributed by atoms with Gasteiger partial charge in [0.15, 0.2) is 5.75 Å². The summed E-state index contributed by atoms with van der Waals surface area (Å²) in [6, 6.07) is 4.77. The summed E-state index contributed by atoms with van der Waals surface area (Å²) in [4.78, 5) is 23.4. The number of carbonyl (C=O) groups is 2. The lowest BCUT2D eigenvalue weighted by Gasteiger charge is -2.07. The summed E-state index contributed by atoms with van der Waals surface area (Å²) >= 11 is 11.8. The molecule has 0 saturated carbocycles. The van der Waals surface area contributed by atoms with Crippen LogP contribution in [0.5, 0.6) is 5.75 Å². The van der Waals surface area contributed by atoms with Gasteiger partial charge in [0.1, 0.15) is 5.02 Å². The maximum Gasteiger partial charge on any atom is 0.311 e. The van der Waals surface area contributed by atoms with Crippen LogP contribution >= 0.6 is 23.2 Å². The molecule has 1 rings (SSSR count). The molecule has 1 aromatic rings. The zero-order valence-corrected chi connectivity index (χ0v) is 16.7. The number of allylic oxidation sites excluding steroid dienone is 2. The average Bonchev–Trinajstić information content (AvgIpc) is 2.62. The lowest BCUT2D eigenvalue weighted by atomic mass is 10.2. The average molecular weight is 401 g/mol. The minimum absolute atomic E-state index is 0.0239. The topological polar surface area (TPSA) is 52.6 Å². The quantitative estimate of drug-likeness (QED) is 0.183. The Kier molecular flexibility index (Phi) is 11.8. The Bertz CT molecular complexity index is 599. The molecular weight excluding hydrogens is 375 g/mol. The van der Waals surface area contributed by atoms with Crippen LogP contribution < -0.4 is 4.74 Å². The molecule has 26 heavy (non-hydrogen) atoms. The van der Waals surface area contributed by atoms with Crippen LogP contribution in [0.1, 0.15) is 58.3 Å². The first-order valence-corrected chi connectivity index (χ1v) is 9.75. The van der Waals surface area contributed by atoms with Crippen molar-refractivity contribution in [3.63, 3.8) is 0 Å². The van der Waals surface area contributed by atoms with Gasteiger partial charge in [-0.1, -0.05) is 61.2 Å². The van der Waals surface area contributed by atoms with Crippen LogP contribution in [0.2, 0.25) is 10.0 Å². The maximum absolute atomic E-state index is 11.8. The van der Waals surface area contributed by atoms with E-state index in [2.05, 4.69) is 19.1 Å². The van der Waals surface area contributed by atoms with Crippen LogP contribution in [-0.4, -0.2) is 18.5 Å². The Morgan fingerprint density at radius 3 is 2.42 bits per heavy atom. The van der Waals surface area contributed by atoms with E-state index in [1.807, 2.05) is 0 Å². The van der Waals surface area contributed by atoms with Crippen molar-refractivity contribution in [2.24, 2.45) is 0 Å². The Labute approximate surface area is 165 Å². The number of hydrogen-bond acceptors (Lipinski definition) is 4. The molecule has 0 fully saturated rings. The first-order chi connectivity index (χ1) is 12.5. The Hall–Kier alpha value is -1.52. The molecule has 0 spiro atoms. The van der Waals surface area contributed by atoms with Crippen molar-refractivity contribution in [3.8, 4) is 5.75 Å². The molecule has 0 aliphatic rings. The predicted molar refractivity (Wildman–Crippen MR) is 105 cm³/mol. The molecule has 6 heteroatoms. The monoisotopic (exact) mass is 400 g/mol. The fraction of sp³-hybridized carbons (Fsp3) is 0.500. The van der Waals surface area contributed by atoms with E-state index in [9.17, 15) is 9.59 Å². The third kappa shape index (κ3) is 9.83. The third-order valence-corrected chi connectivity index (χ3v) is 4.39. The number of rotatable bonds is 12. The van der Waals surface area contributed by atoms with E-state index < -0.39 is 11.9 Å². The van der Waals surface area contributed by atoms with E-state index in [0.717, 1.165) is 19.3 Å². The van der Waals surface area contributed by atoms with Gasteiger partial charge in [-0.2, -0.15) is 0 Å². The van der Waals surface area contributed by atoms with Crippen molar-refractivity contribution >= 4 is 35.1 Å². The molecule has 0 unspecified atom stereocenters. The van der Waals surface area contributed by atoms with Gasteiger partial charge in [0, 0.05) is 0 Å². The normalized spacial score (nSPS) is 10.9. The van der Waals surface area contributed by atoms with E-state index >= 15 is 0 Å². The van der Waals surface area contributed by atoms with Crippen molar-refractivity contribution in [2.75, 3.05) is 6.61 Å². The number of ether oxygens (including phenoxy) is 2. The smallest absolute Gasteiger partial charge is 0.311 e. The largest absolute Gasteiger partial charge is 0.466 e. The number of benzene rings is 1. The van der Waals surface area contributed by atoms with Gasteiger partial charge in [-0.15, -0.1) is 0 Å². The van der Waals surface area contributed by atoms with Gasteiger partial charge in [-0.25, -0.2) is 0 Å². The number of esters is 2. The first kappa shape index (κ1) is 22.5. The molecule has 0 N–H and O–H groups in total. The molecule has 4 nitrogen and oxygen atoms in total. The Balaban J connectivity index is 2.12. The van der Waals surface area contributed by atoms with Gasteiger partial charge >= 0.3 is 11.9 Å². The van der Waals surface area contributed by atoms with Crippen LogP contribution in [0.4, 0.5) is 0 Å². The molecule has 0 saturated heterocycles.